The average molecular weight is 555 g/mol. The Kier molecular flexibility index (Phi) is 7.99. The number of nitrogens with one attached hydrogen (secondary N) is 2. The summed E-state index contributed by atoms with van der Waals surface area (Å²) in [5.74, 6) is 0.173. The lowest BCUT2D eigenvalue weighted by molar-refractivity contribution is 0.0950. The molecule has 4 aromatic rings. The Hall–Kier alpha value is -4.37. The highest BCUT2D eigenvalue weighted by Crippen LogP contribution is 2.34. The van der Waals surface area contributed by atoms with Gasteiger partial charge in [0.15, 0.2) is 0 Å². The first kappa shape index (κ1) is 28.2. The second-order valence-electron chi connectivity index (χ2n) is 10.5. The van der Waals surface area contributed by atoms with Crippen molar-refractivity contribution in [1.29, 1.82) is 0 Å². The minimum absolute atomic E-state index is 0.0348. The fourth-order valence-electron chi connectivity index (χ4n) is 5.71. The van der Waals surface area contributed by atoms with Crippen LogP contribution in [0.2, 0.25) is 0 Å². The van der Waals surface area contributed by atoms with Crippen molar-refractivity contribution >= 4 is 17.1 Å². The van der Waals surface area contributed by atoms with E-state index in [4.69, 9.17) is 4.74 Å². The number of nitrogens with zero attached hydrogens (tertiary/aromatic N) is 4. The lowest BCUT2D eigenvalue weighted by atomic mass is 10.00. The maximum absolute atomic E-state index is 13.8. The molecule has 0 saturated carbocycles. The van der Waals surface area contributed by atoms with E-state index in [0.717, 1.165) is 72.0 Å². The van der Waals surface area contributed by atoms with Crippen LogP contribution in [0.4, 0.5) is 0 Å². The summed E-state index contributed by atoms with van der Waals surface area (Å²) in [4.78, 5) is 38.5. The molecular weight excluding hydrogens is 516 g/mol. The van der Waals surface area contributed by atoms with Crippen molar-refractivity contribution in [2.75, 3.05) is 39.8 Å². The van der Waals surface area contributed by atoms with Gasteiger partial charge < -0.3 is 29.2 Å². The van der Waals surface area contributed by atoms with Crippen LogP contribution in [-0.4, -0.2) is 69.9 Å². The topological polar surface area (TPSA) is 95.0 Å². The maximum Gasteiger partial charge on any atom is 0.256 e. The number of rotatable bonds is 8. The Morgan fingerprint density at radius 2 is 1.88 bits per heavy atom. The lowest BCUT2D eigenvalue weighted by Crippen LogP contribution is -2.45. The van der Waals surface area contributed by atoms with E-state index in [1.165, 1.54) is 7.11 Å². The molecule has 4 aromatic heterocycles. The first-order chi connectivity index (χ1) is 19.7. The Labute approximate surface area is 240 Å². The van der Waals surface area contributed by atoms with Gasteiger partial charge in [-0.15, -0.1) is 0 Å². The number of fused-ring (bicyclic) bond motifs is 1. The first-order valence-electron chi connectivity index (χ1n) is 14.0. The summed E-state index contributed by atoms with van der Waals surface area (Å²) in [6.45, 7) is 17.2. The quantitative estimate of drug-likeness (QED) is 0.340. The molecule has 1 saturated heterocycles. The summed E-state index contributed by atoms with van der Waals surface area (Å²) >= 11 is 0. The molecule has 0 atom stereocenters. The molecular formula is C32H38N6O3. The summed E-state index contributed by atoms with van der Waals surface area (Å²) in [7, 11) is 1.52. The number of hydrogen-bond donors (Lipinski definition) is 2. The number of hydrogen-bond acceptors (Lipinski definition) is 6. The van der Waals surface area contributed by atoms with Gasteiger partial charge in [0.05, 0.1) is 36.1 Å². The van der Waals surface area contributed by atoms with Gasteiger partial charge in [-0.2, -0.15) is 0 Å². The second kappa shape index (κ2) is 11.6. The molecule has 1 amide bonds. The van der Waals surface area contributed by atoms with Gasteiger partial charge in [0.1, 0.15) is 5.75 Å². The van der Waals surface area contributed by atoms with E-state index in [0.29, 0.717) is 22.6 Å². The third-order valence-electron chi connectivity index (χ3n) is 8.10. The molecule has 1 aliphatic heterocycles. The van der Waals surface area contributed by atoms with Crippen molar-refractivity contribution in [3.8, 4) is 16.9 Å². The van der Waals surface area contributed by atoms with Crippen LogP contribution in [0.3, 0.4) is 0 Å². The minimum Gasteiger partial charge on any atom is -0.496 e. The highest BCUT2D eigenvalue weighted by molar-refractivity contribution is 5.99. The molecule has 1 fully saturated rings. The van der Waals surface area contributed by atoms with E-state index in [2.05, 4.69) is 49.1 Å². The molecule has 0 bridgehead atoms. The highest BCUT2D eigenvalue weighted by atomic mass is 16.5. The van der Waals surface area contributed by atoms with Gasteiger partial charge >= 0.3 is 0 Å². The summed E-state index contributed by atoms with van der Waals surface area (Å²) in [5.41, 5.74) is 7.74. The molecule has 1 aliphatic rings. The van der Waals surface area contributed by atoms with E-state index < -0.39 is 0 Å². The Balaban J connectivity index is 1.58. The van der Waals surface area contributed by atoms with Crippen LogP contribution in [0.5, 0.6) is 5.75 Å². The zero-order valence-corrected chi connectivity index (χ0v) is 24.5. The van der Waals surface area contributed by atoms with Gasteiger partial charge in [-0.1, -0.05) is 19.6 Å². The third-order valence-corrected chi connectivity index (χ3v) is 8.10. The van der Waals surface area contributed by atoms with E-state index in [9.17, 15) is 9.59 Å². The summed E-state index contributed by atoms with van der Waals surface area (Å²) in [5, 5.41) is 2.97. The predicted octanol–water partition coefficient (Wildman–Crippen LogP) is 4.16. The molecule has 0 spiro atoms. The summed E-state index contributed by atoms with van der Waals surface area (Å²) in [6.07, 6.45) is 3.83. The monoisotopic (exact) mass is 554 g/mol. The third kappa shape index (κ3) is 5.37. The number of likely N-dealkylation sites (N-methyl/N-ethyl adjacent to an activating group) is 1. The van der Waals surface area contributed by atoms with Crippen LogP contribution in [0.15, 0.2) is 54.1 Å². The number of aromatic nitrogens is 3. The number of aryl methyl sites for hydroxylation is 2. The van der Waals surface area contributed by atoms with Crippen molar-refractivity contribution in [2.24, 2.45) is 0 Å². The Morgan fingerprint density at radius 1 is 1.12 bits per heavy atom. The summed E-state index contributed by atoms with van der Waals surface area (Å²) < 4.78 is 7.56. The zero-order chi connectivity index (χ0) is 29.3. The van der Waals surface area contributed by atoms with E-state index in [-0.39, 0.29) is 18.0 Å². The Bertz CT molecular complexity index is 1680. The largest absolute Gasteiger partial charge is 0.496 e. The van der Waals surface area contributed by atoms with Gasteiger partial charge in [0, 0.05) is 66.7 Å². The number of carbonyl (C=O) groups is 1. The number of amides is 1. The van der Waals surface area contributed by atoms with Gasteiger partial charge in [0.2, 0.25) is 0 Å². The number of piperazine rings is 1. The average Bonchev–Trinajstić information content (AvgIpc) is 3.39. The van der Waals surface area contributed by atoms with Gasteiger partial charge in [-0.25, -0.2) is 0 Å². The van der Waals surface area contributed by atoms with Crippen LogP contribution < -0.4 is 15.6 Å². The van der Waals surface area contributed by atoms with Crippen LogP contribution >= 0.6 is 0 Å². The molecule has 0 radical (unpaired) electrons. The van der Waals surface area contributed by atoms with Gasteiger partial charge in [-0.05, 0) is 57.1 Å². The van der Waals surface area contributed by atoms with Crippen LogP contribution in [0.25, 0.3) is 22.3 Å². The number of pyridine rings is 3. The molecule has 0 aromatic carbocycles. The highest BCUT2D eigenvalue weighted by Gasteiger charge is 2.25. The van der Waals surface area contributed by atoms with Crippen molar-refractivity contribution in [1.82, 2.24) is 29.5 Å². The summed E-state index contributed by atoms with van der Waals surface area (Å²) in [6, 6.07) is 9.72. The van der Waals surface area contributed by atoms with Gasteiger partial charge in [0.25, 0.3) is 11.5 Å². The Morgan fingerprint density at radius 3 is 2.56 bits per heavy atom. The molecule has 9 heteroatoms. The fraction of sp³-hybridized carbons (Fsp3) is 0.344. The van der Waals surface area contributed by atoms with Crippen molar-refractivity contribution in [3.63, 3.8) is 0 Å². The van der Waals surface area contributed by atoms with Crippen LogP contribution in [-0.2, 0) is 6.54 Å². The standard InChI is InChI=1S/C32H38N6O3/c1-7-36-13-15-37(16-14-36)23(5)30-21(3)26(31(39)34-19-27-29(41-6)17-20(2)35-32(27)40)18-28-25(10-12-38(28)30)24-9-8-11-33-22(24)4/h8-12,17-18H,5,7,13-16,19H2,1-4,6H3,(H,34,39)(H,35,40). The van der Waals surface area contributed by atoms with Gasteiger partial charge in [-0.3, -0.25) is 14.6 Å². The number of methoxy groups -OCH3 is 1. The van der Waals surface area contributed by atoms with Crippen molar-refractivity contribution in [3.05, 3.63) is 93.4 Å². The molecule has 5 rings (SSSR count). The molecule has 9 nitrogen and oxygen atoms in total. The lowest BCUT2D eigenvalue weighted by Gasteiger charge is -2.37. The number of aromatic amines is 1. The molecule has 0 unspecified atom stereocenters. The molecule has 0 aliphatic carbocycles. The number of ether oxygens (including phenoxy) is 1. The van der Waals surface area contributed by atoms with Crippen molar-refractivity contribution in [2.45, 2.75) is 34.2 Å². The number of H-pyrrole nitrogens is 1. The van der Waals surface area contributed by atoms with E-state index in [1.54, 1.807) is 19.2 Å². The second-order valence-corrected chi connectivity index (χ2v) is 10.5. The maximum atomic E-state index is 13.8. The predicted molar refractivity (Wildman–Crippen MR) is 162 cm³/mol. The fourth-order valence-corrected chi connectivity index (χ4v) is 5.71. The molecule has 2 N–H and O–H groups in total. The SMILES string of the molecule is C=C(c1c(C)c(C(=O)NCc2c(OC)cc(C)[nH]c2=O)cc2c(-c3cccnc3C)ccn12)N1CCN(CC)CC1. The minimum atomic E-state index is -0.282. The zero-order valence-electron chi connectivity index (χ0n) is 24.5. The van der Waals surface area contributed by atoms with E-state index >= 15 is 0 Å². The smallest absolute Gasteiger partial charge is 0.256 e. The van der Waals surface area contributed by atoms with Crippen LogP contribution in [0, 0.1) is 20.8 Å². The molecule has 214 valence electrons. The number of carbonyl (C=O) groups excluding carboxylic acids is 1. The van der Waals surface area contributed by atoms with Crippen molar-refractivity contribution < 1.29 is 9.53 Å². The molecule has 41 heavy (non-hydrogen) atoms. The first-order valence-corrected chi connectivity index (χ1v) is 14.0. The normalized spacial score (nSPS) is 13.9. The molecule has 5 heterocycles. The van der Waals surface area contributed by atoms with E-state index in [1.807, 2.05) is 38.2 Å². The van der Waals surface area contributed by atoms with Crippen LogP contribution in [0.1, 0.15) is 45.5 Å².